The van der Waals surface area contributed by atoms with E-state index >= 15 is 0 Å². The largest absolute Gasteiger partial charge is 0.465 e. The van der Waals surface area contributed by atoms with Crippen LogP contribution < -0.4 is 4.90 Å². The van der Waals surface area contributed by atoms with E-state index < -0.39 is 10.0 Å². The van der Waals surface area contributed by atoms with Gasteiger partial charge in [0.2, 0.25) is 10.0 Å². The third-order valence-electron chi connectivity index (χ3n) is 4.99. The second kappa shape index (κ2) is 7.70. The van der Waals surface area contributed by atoms with Crippen LogP contribution in [0.25, 0.3) is 0 Å². The van der Waals surface area contributed by atoms with E-state index in [2.05, 4.69) is 4.90 Å². The topological polar surface area (TPSA) is 66.9 Å². The van der Waals surface area contributed by atoms with Gasteiger partial charge in [0.1, 0.15) is 0 Å². The summed E-state index contributed by atoms with van der Waals surface area (Å²) in [6.07, 6.45) is 0. The first kappa shape index (κ1) is 19.4. The molecule has 0 bridgehead atoms. The maximum atomic E-state index is 12.9. The number of ether oxygens (including phenoxy) is 1. The Morgan fingerprint density at radius 3 is 2.30 bits per heavy atom. The predicted octanol–water partition coefficient (Wildman–Crippen LogP) is 2.60. The van der Waals surface area contributed by atoms with Crippen molar-refractivity contribution < 1.29 is 17.9 Å². The number of piperazine rings is 1. The SMILES string of the molecule is COC(=O)c1cccc(N2CCN(S(=O)(=O)c3ccc(C)c(C)c3)CC2)c1. The Morgan fingerprint density at radius 2 is 1.67 bits per heavy atom. The molecule has 0 radical (unpaired) electrons. The van der Waals surface area contributed by atoms with Gasteiger partial charge in [0, 0.05) is 31.9 Å². The third kappa shape index (κ3) is 3.99. The minimum absolute atomic E-state index is 0.340. The lowest BCUT2D eigenvalue weighted by molar-refractivity contribution is 0.0600. The summed E-state index contributed by atoms with van der Waals surface area (Å²) in [5, 5.41) is 0. The van der Waals surface area contributed by atoms with E-state index in [0.29, 0.717) is 36.6 Å². The van der Waals surface area contributed by atoms with Gasteiger partial charge in [-0.2, -0.15) is 4.31 Å². The van der Waals surface area contributed by atoms with E-state index in [-0.39, 0.29) is 5.97 Å². The van der Waals surface area contributed by atoms with Crippen molar-refractivity contribution in [1.82, 2.24) is 4.31 Å². The Kier molecular flexibility index (Phi) is 5.53. The summed E-state index contributed by atoms with van der Waals surface area (Å²) in [5.74, 6) is -0.382. The molecule has 0 spiro atoms. The van der Waals surface area contributed by atoms with Crippen molar-refractivity contribution in [3.8, 4) is 0 Å². The van der Waals surface area contributed by atoms with Crippen LogP contribution in [0.5, 0.6) is 0 Å². The van der Waals surface area contributed by atoms with Gasteiger partial charge in [-0.15, -0.1) is 0 Å². The number of hydrogen-bond acceptors (Lipinski definition) is 5. The highest BCUT2D eigenvalue weighted by Crippen LogP contribution is 2.23. The second-order valence-corrected chi connectivity index (χ2v) is 8.62. The third-order valence-corrected chi connectivity index (χ3v) is 6.88. The Labute approximate surface area is 160 Å². The summed E-state index contributed by atoms with van der Waals surface area (Å²) in [7, 11) is -2.15. The first-order valence-electron chi connectivity index (χ1n) is 8.83. The van der Waals surface area contributed by atoms with Gasteiger partial charge in [-0.1, -0.05) is 12.1 Å². The van der Waals surface area contributed by atoms with Gasteiger partial charge >= 0.3 is 5.97 Å². The number of sulfonamides is 1. The van der Waals surface area contributed by atoms with Gasteiger partial charge in [-0.3, -0.25) is 0 Å². The first-order valence-corrected chi connectivity index (χ1v) is 10.3. The molecular formula is C20H24N2O4S. The molecule has 6 nitrogen and oxygen atoms in total. The van der Waals surface area contributed by atoms with E-state index in [1.54, 1.807) is 30.3 Å². The summed E-state index contributed by atoms with van der Waals surface area (Å²) in [4.78, 5) is 14.1. The normalized spacial score (nSPS) is 15.6. The lowest BCUT2D eigenvalue weighted by Gasteiger charge is -2.35. The summed E-state index contributed by atoms with van der Waals surface area (Å²) in [6.45, 7) is 5.81. The van der Waals surface area contributed by atoms with Gasteiger partial charge < -0.3 is 9.64 Å². The highest BCUT2D eigenvalue weighted by atomic mass is 32.2. The number of esters is 1. The fourth-order valence-electron chi connectivity index (χ4n) is 3.16. The zero-order valence-corrected chi connectivity index (χ0v) is 16.6. The van der Waals surface area contributed by atoms with Crippen LogP contribution in [0.4, 0.5) is 5.69 Å². The van der Waals surface area contributed by atoms with Crippen LogP contribution in [-0.4, -0.2) is 52.0 Å². The van der Waals surface area contributed by atoms with Crippen LogP contribution in [0.15, 0.2) is 47.4 Å². The number of aryl methyl sites for hydroxylation is 2. The Hall–Kier alpha value is -2.38. The number of carbonyl (C=O) groups excluding carboxylic acids is 1. The molecule has 1 aliphatic rings. The zero-order valence-electron chi connectivity index (χ0n) is 15.8. The van der Waals surface area contributed by atoms with Gasteiger partial charge in [0.25, 0.3) is 0 Å². The Balaban J connectivity index is 1.73. The second-order valence-electron chi connectivity index (χ2n) is 6.68. The highest BCUT2D eigenvalue weighted by Gasteiger charge is 2.29. The summed E-state index contributed by atoms with van der Waals surface area (Å²) >= 11 is 0. The quantitative estimate of drug-likeness (QED) is 0.753. The first-order chi connectivity index (χ1) is 12.8. The van der Waals surface area contributed by atoms with Crippen LogP contribution >= 0.6 is 0 Å². The van der Waals surface area contributed by atoms with Crippen LogP contribution in [0.1, 0.15) is 21.5 Å². The van der Waals surface area contributed by atoms with Crippen molar-refractivity contribution in [1.29, 1.82) is 0 Å². The van der Waals surface area contributed by atoms with Crippen molar-refractivity contribution in [2.24, 2.45) is 0 Å². The maximum absolute atomic E-state index is 12.9. The van der Waals surface area contributed by atoms with E-state index in [0.717, 1.165) is 16.8 Å². The van der Waals surface area contributed by atoms with Crippen molar-refractivity contribution in [2.75, 3.05) is 38.2 Å². The van der Waals surface area contributed by atoms with Gasteiger partial charge in [0.15, 0.2) is 0 Å². The molecule has 0 aliphatic carbocycles. The molecular weight excluding hydrogens is 364 g/mol. The minimum Gasteiger partial charge on any atom is -0.465 e. The molecule has 0 N–H and O–H groups in total. The van der Waals surface area contributed by atoms with Gasteiger partial charge in [0.05, 0.1) is 17.6 Å². The number of nitrogens with zero attached hydrogens (tertiary/aromatic N) is 2. The molecule has 0 atom stereocenters. The molecule has 7 heteroatoms. The Bertz CT molecular complexity index is 948. The number of hydrogen-bond donors (Lipinski definition) is 0. The van der Waals surface area contributed by atoms with E-state index in [1.165, 1.54) is 11.4 Å². The molecule has 0 aromatic heterocycles. The van der Waals surface area contributed by atoms with Crippen molar-refractivity contribution in [3.63, 3.8) is 0 Å². The molecule has 2 aromatic carbocycles. The van der Waals surface area contributed by atoms with E-state index in [4.69, 9.17) is 4.74 Å². The monoisotopic (exact) mass is 388 g/mol. The molecule has 1 aliphatic heterocycles. The fraction of sp³-hybridized carbons (Fsp3) is 0.350. The molecule has 2 aromatic rings. The number of anilines is 1. The average molecular weight is 388 g/mol. The number of rotatable bonds is 4. The standard InChI is InChI=1S/C20H24N2O4S/c1-15-7-8-19(13-16(15)2)27(24,25)22-11-9-21(10-12-22)18-6-4-5-17(14-18)20(23)26-3/h4-8,13-14H,9-12H2,1-3H3. The average Bonchev–Trinajstić information content (AvgIpc) is 2.69. The summed E-state index contributed by atoms with van der Waals surface area (Å²) in [6, 6.07) is 12.5. The highest BCUT2D eigenvalue weighted by molar-refractivity contribution is 7.89. The predicted molar refractivity (Wildman–Crippen MR) is 105 cm³/mol. The molecule has 1 heterocycles. The molecule has 0 amide bonds. The minimum atomic E-state index is -3.50. The Morgan fingerprint density at radius 1 is 0.963 bits per heavy atom. The van der Waals surface area contributed by atoms with Gasteiger partial charge in [-0.05, 0) is 55.3 Å². The van der Waals surface area contributed by atoms with E-state index in [1.807, 2.05) is 26.0 Å². The van der Waals surface area contributed by atoms with Gasteiger partial charge in [-0.25, -0.2) is 13.2 Å². The van der Waals surface area contributed by atoms with Crippen LogP contribution in [0.2, 0.25) is 0 Å². The number of methoxy groups -OCH3 is 1. The van der Waals surface area contributed by atoms with E-state index in [9.17, 15) is 13.2 Å². The molecule has 0 saturated carbocycles. The molecule has 0 unspecified atom stereocenters. The molecule has 1 saturated heterocycles. The number of benzene rings is 2. The molecule has 27 heavy (non-hydrogen) atoms. The lowest BCUT2D eigenvalue weighted by Crippen LogP contribution is -2.48. The van der Waals surface area contributed by atoms with Crippen molar-refractivity contribution >= 4 is 21.7 Å². The molecule has 3 rings (SSSR count). The smallest absolute Gasteiger partial charge is 0.337 e. The molecule has 1 fully saturated rings. The molecule has 144 valence electrons. The fourth-order valence-corrected chi connectivity index (χ4v) is 4.67. The lowest BCUT2D eigenvalue weighted by atomic mass is 10.1. The van der Waals surface area contributed by atoms with Crippen molar-refractivity contribution in [3.05, 3.63) is 59.2 Å². The van der Waals surface area contributed by atoms with Crippen LogP contribution in [-0.2, 0) is 14.8 Å². The van der Waals surface area contributed by atoms with Crippen molar-refractivity contribution in [2.45, 2.75) is 18.7 Å². The van der Waals surface area contributed by atoms with Crippen LogP contribution in [0.3, 0.4) is 0 Å². The maximum Gasteiger partial charge on any atom is 0.337 e. The summed E-state index contributed by atoms with van der Waals surface area (Å²) < 4.78 is 32.1. The van der Waals surface area contributed by atoms with Crippen LogP contribution in [0, 0.1) is 13.8 Å². The summed E-state index contributed by atoms with van der Waals surface area (Å²) in [5.41, 5.74) is 3.42. The number of carbonyl (C=O) groups is 1. The zero-order chi connectivity index (χ0) is 19.6.